The van der Waals surface area contributed by atoms with Gasteiger partial charge in [-0.1, -0.05) is 17.7 Å². The van der Waals surface area contributed by atoms with E-state index in [4.69, 9.17) is 0 Å². The highest BCUT2D eigenvalue weighted by Crippen LogP contribution is 2.04. The normalized spacial score (nSPS) is 11.7. The number of imidazole rings is 1. The lowest BCUT2D eigenvalue weighted by Gasteiger charge is -2.13. The summed E-state index contributed by atoms with van der Waals surface area (Å²) in [4.78, 5) is 30.8. The molecular weight excluding hydrogens is 268 g/mol. The molecule has 1 aromatic heterocycles. The van der Waals surface area contributed by atoms with Crippen molar-refractivity contribution >= 4 is 11.8 Å². The number of rotatable bonds is 5. The van der Waals surface area contributed by atoms with Gasteiger partial charge < -0.3 is 15.6 Å². The fourth-order valence-electron chi connectivity index (χ4n) is 1.85. The molecule has 0 aliphatic rings. The number of carbonyl (C=O) groups is 2. The van der Waals surface area contributed by atoms with Gasteiger partial charge in [0.05, 0.1) is 6.54 Å². The zero-order chi connectivity index (χ0) is 15.2. The van der Waals surface area contributed by atoms with E-state index in [1.807, 2.05) is 19.1 Å². The van der Waals surface area contributed by atoms with Crippen molar-refractivity contribution in [2.75, 3.05) is 0 Å². The lowest BCUT2D eigenvalue weighted by atomic mass is 10.1. The number of hydrogen-bond donors (Lipinski definition) is 3. The van der Waals surface area contributed by atoms with Crippen LogP contribution in [0.4, 0.5) is 0 Å². The number of nitrogens with zero attached hydrogens (tertiary/aromatic N) is 1. The zero-order valence-corrected chi connectivity index (χ0v) is 12.0. The molecule has 0 spiro atoms. The molecule has 0 bridgehead atoms. The number of amides is 2. The molecule has 6 heteroatoms. The number of aryl methyl sites for hydroxylation is 1. The first-order valence-electron chi connectivity index (χ1n) is 6.70. The van der Waals surface area contributed by atoms with E-state index in [9.17, 15) is 9.59 Å². The van der Waals surface area contributed by atoms with Crippen LogP contribution in [0.15, 0.2) is 36.7 Å². The predicted octanol–water partition coefficient (Wildman–Crippen LogP) is 1.15. The van der Waals surface area contributed by atoms with Gasteiger partial charge in [0.1, 0.15) is 11.9 Å². The minimum absolute atomic E-state index is 0.257. The number of aromatic amines is 1. The molecule has 0 aliphatic carbocycles. The molecule has 3 N–H and O–H groups in total. The van der Waals surface area contributed by atoms with E-state index in [0.717, 1.165) is 5.56 Å². The maximum atomic E-state index is 12.0. The van der Waals surface area contributed by atoms with Crippen molar-refractivity contribution in [2.45, 2.75) is 26.4 Å². The monoisotopic (exact) mass is 286 g/mol. The summed E-state index contributed by atoms with van der Waals surface area (Å²) in [5.74, 6) is 0.146. The van der Waals surface area contributed by atoms with Crippen molar-refractivity contribution in [1.82, 2.24) is 20.6 Å². The predicted molar refractivity (Wildman–Crippen MR) is 78.5 cm³/mol. The molecule has 110 valence electrons. The number of nitrogens with one attached hydrogen (secondary N) is 3. The minimum Gasteiger partial charge on any atom is -0.347 e. The highest BCUT2D eigenvalue weighted by atomic mass is 16.2. The average Bonchev–Trinajstić information content (AvgIpc) is 2.97. The van der Waals surface area contributed by atoms with E-state index in [0.29, 0.717) is 17.9 Å². The summed E-state index contributed by atoms with van der Waals surface area (Å²) in [5.41, 5.74) is 1.54. The molecule has 21 heavy (non-hydrogen) atoms. The Balaban J connectivity index is 1.86. The van der Waals surface area contributed by atoms with Crippen LogP contribution in [0.1, 0.15) is 28.7 Å². The molecule has 0 saturated carbocycles. The van der Waals surface area contributed by atoms with E-state index in [2.05, 4.69) is 20.6 Å². The van der Waals surface area contributed by atoms with Crippen LogP contribution in [-0.2, 0) is 11.3 Å². The molecule has 2 aromatic rings. The van der Waals surface area contributed by atoms with Crippen molar-refractivity contribution in [3.63, 3.8) is 0 Å². The first-order valence-corrected chi connectivity index (χ1v) is 6.70. The van der Waals surface area contributed by atoms with Gasteiger partial charge in [0.15, 0.2) is 0 Å². The number of benzene rings is 1. The molecule has 1 aromatic carbocycles. The summed E-state index contributed by atoms with van der Waals surface area (Å²) >= 11 is 0. The Morgan fingerprint density at radius 3 is 2.86 bits per heavy atom. The van der Waals surface area contributed by atoms with E-state index in [1.165, 1.54) is 0 Å². The molecule has 0 unspecified atom stereocenters. The second-order valence-electron chi connectivity index (χ2n) is 4.82. The van der Waals surface area contributed by atoms with Crippen LogP contribution < -0.4 is 10.6 Å². The Morgan fingerprint density at radius 1 is 1.38 bits per heavy atom. The lowest BCUT2D eigenvalue weighted by Crippen LogP contribution is -2.44. The van der Waals surface area contributed by atoms with Crippen LogP contribution in [0.3, 0.4) is 0 Å². The highest BCUT2D eigenvalue weighted by molar-refractivity contribution is 5.97. The summed E-state index contributed by atoms with van der Waals surface area (Å²) in [7, 11) is 0. The number of carbonyl (C=O) groups excluding carboxylic acids is 2. The summed E-state index contributed by atoms with van der Waals surface area (Å²) < 4.78 is 0. The van der Waals surface area contributed by atoms with Crippen LogP contribution in [0.25, 0.3) is 0 Å². The number of aromatic nitrogens is 2. The van der Waals surface area contributed by atoms with E-state index < -0.39 is 6.04 Å². The van der Waals surface area contributed by atoms with Crippen molar-refractivity contribution in [2.24, 2.45) is 0 Å². The molecule has 0 saturated heterocycles. The molecule has 0 fully saturated rings. The Morgan fingerprint density at radius 2 is 2.19 bits per heavy atom. The lowest BCUT2D eigenvalue weighted by molar-refractivity contribution is -0.122. The topological polar surface area (TPSA) is 86.9 Å². The molecule has 1 atom stereocenters. The summed E-state index contributed by atoms with van der Waals surface area (Å²) in [6, 6.07) is 6.61. The maximum absolute atomic E-state index is 12.0. The molecule has 2 rings (SSSR count). The maximum Gasteiger partial charge on any atom is 0.251 e. The summed E-state index contributed by atoms with van der Waals surface area (Å²) in [6.45, 7) is 3.86. The Hall–Kier alpha value is -2.63. The van der Waals surface area contributed by atoms with Crippen LogP contribution in [0.2, 0.25) is 0 Å². The smallest absolute Gasteiger partial charge is 0.251 e. The highest BCUT2D eigenvalue weighted by Gasteiger charge is 2.16. The Kier molecular flexibility index (Phi) is 4.71. The third kappa shape index (κ3) is 4.17. The van der Waals surface area contributed by atoms with Crippen LogP contribution in [0.5, 0.6) is 0 Å². The SMILES string of the molecule is Cc1cccc(C(=O)N[C@H](C)C(=O)NCc2ncc[nH]2)c1. The van der Waals surface area contributed by atoms with Gasteiger partial charge in [0.25, 0.3) is 5.91 Å². The summed E-state index contributed by atoms with van der Waals surface area (Å²) in [5, 5.41) is 5.38. The van der Waals surface area contributed by atoms with Gasteiger partial charge in [0, 0.05) is 18.0 Å². The fourth-order valence-corrected chi connectivity index (χ4v) is 1.85. The first kappa shape index (κ1) is 14.8. The van der Waals surface area contributed by atoms with E-state index >= 15 is 0 Å². The van der Waals surface area contributed by atoms with Gasteiger partial charge in [-0.05, 0) is 26.0 Å². The quantitative estimate of drug-likeness (QED) is 0.770. The third-order valence-corrected chi connectivity index (χ3v) is 3.01. The van der Waals surface area contributed by atoms with Gasteiger partial charge in [0.2, 0.25) is 5.91 Å². The van der Waals surface area contributed by atoms with Crippen molar-refractivity contribution in [1.29, 1.82) is 0 Å². The van der Waals surface area contributed by atoms with E-state index in [1.54, 1.807) is 31.5 Å². The average molecular weight is 286 g/mol. The second kappa shape index (κ2) is 6.69. The Bertz CT molecular complexity index is 622. The first-order chi connectivity index (χ1) is 10.1. The van der Waals surface area contributed by atoms with Crippen LogP contribution >= 0.6 is 0 Å². The number of hydrogen-bond acceptors (Lipinski definition) is 3. The standard InChI is InChI=1S/C15H18N4O2/c1-10-4-3-5-12(8-10)15(21)19-11(2)14(20)18-9-13-16-6-7-17-13/h3-8,11H,9H2,1-2H3,(H,16,17)(H,18,20)(H,19,21)/t11-/m1/s1. The van der Waals surface area contributed by atoms with Gasteiger partial charge in [-0.2, -0.15) is 0 Å². The van der Waals surface area contributed by atoms with Crippen LogP contribution in [-0.4, -0.2) is 27.8 Å². The van der Waals surface area contributed by atoms with Crippen molar-refractivity contribution < 1.29 is 9.59 Å². The summed E-state index contributed by atoms with van der Waals surface area (Å²) in [6.07, 6.45) is 3.30. The minimum atomic E-state index is -0.618. The molecular formula is C15H18N4O2. The number of H-pyrrole nitrogens is 1. The van der Waals surface area contributed by atoms with Gasteiger partial charge in [-0.15, -0.1) is 0 Å². The fraction of sp³-hybridized carbons (Fsp3) is 0.267. The second-order valence-corrected chi connectivity index (χ2v) is 4.82. The van der Waals surface area contributed by atoms with Gasteiger partial charge in [-0.3, -0.25) is 9.59 Å². The molecule has 0 radical (unpaired) electrons. The van der Waals surface area contributed by atoms with Crippen molar-refractivity contribution in [3.05, 3.63) is 53.6 Å². The van der Waals surface area contributed by atoms with Crippen molar-refractivity contribution in [3.8, 4) is 0 Å². The largest absolute Gasteiger partial charge is 0.347 e. The van der Waals surface area contributed by atoms with E-state index in [-0.39, 0.29) is 11.8 Å². The third-order valence-electron chi connectivity index (χ3n) is 3.01. The molecule has 1 heterocycles. The zero-order valence-electron chi connectivity index (χ0n) is 12.0. The van der Waals surface area contributed by atoms with Gasteiger partial charge >= 0.3 is 0 Å². The molecule has 2 amide bonds. The Labute approximate surface area is 123 Å². The van der Waals surface area contributed by atoms with Gasteiger partial charge in [-0.25, -0.2) is 4.98 Å². The molecule has 6 nitrogen and oxygen atoms in total. The molecule has 0 aliphatic heterocycles. The van der Waals surface area contributed by atoms with Crippen LogP contribution in [0, 0.1) is 6.92 Å².